The highest BCUT2D eigenvalue weighted by atomic mass is 16.1. The number of hydrogen-bond acceptors (Lipinski definition) is 2. The first-order valence-electron chi connectivity index (χ1n) is 9.01. The molecule has 0 aliphatic carbocycles. The van der Waals surface area contributed by atoms with Crippen LogP contribution in [0.2, 0.25) is 0 Å². The molecule has 0 fully saturated rings. The van der Waals surface area contributed by atoms with Crippen LogP contribution in [0.3, 0.4) is 0 Å². The molecule has 0 saturated carbocycles. The second-order valence-electron chi connectivity index (χ2n) is 6.38. The molecule has 1 atom stereocenters. The Morgan fingerprint density at radius 3 is 2.56 bits per heavy atom. The van der Waals surface area contributed by atoms with Crippen LogP contribution in [0.15, 0.2) is 54.6 Å². The molecule has 0 aliphatic heterocycles. The van der Waals surface area contributed by atoms with E-state index in [0.29, 0.717) is 5.56 Å². The van der Waals surface area contributed by atoms with Crippen molar-refractivity contribution in [3.05, 3.63) is 66.0 Å². The van der Waals surface area contributed by atoms with Gasteiger partial charge in [-0.05, 0) is 37.6 Å². The van der Waals surface area contributed by atoms with Gasteiger partial charge in [0, 0.05) is 12.1 Å². The van der Waals surface area contributed by atoms with Crippen LogP contribution >= 0.6 is 0 Å². The lowest BCUT2D eigenvalue weighted by molar-refractivity contribution is 0.0937. The first kappa shape index (κ1) is 17.2. The predicted molar refractivity (Wildman–Crippen MR) is 102 cm³/mol. The fraction of sp³-hybridized carbons (Fsp3) is 0.333. The summed E-state index contributed by atoms with van der Waals surface area (Å²) in [5, 5.41) is 3.08. The Balaban J connectivity index is 1.85. The van der Waals surface area contributed by atoms with Gasteiger partial charge in [-0.3, -0.25) is 4.79 Å². The summed E-state index contributed by atoms with van der Waals surface area (Å²) in [4.78, 5) is 17.3. The Hall–Kier alpha value is -2.62. The van der Waals surface area contributed by atoms with Crippen molar-refractivity contribution in [3.8, 4) is 0 Å². The van der Waals surface area contributed by atoms with Gasteiger partial charge in [0.2, 0.25) is 0 Å². The van der Waals surface area contributed by atoms with Crippen LogP contribution in [0.25, 0.3) is 11.0 Å². The molecule has 25 heavy (non-hydrogen) atoms. The standard InChI is InChI=1S/C21H25N3O/c1-3-4-10-15-24-19-14-9-8-13-18(19)23-20(24)16(2)22-21(25)17-11-6-5-7-12-17/h5-9,11-14,16H,3-4,10,15H2,1-2H3,(H,22,25)/t16-/m0/s1. The molecule has 2 aromatic carbocycles. The molecule has 130 valence electrons. The summed E-state index contributed by atoms with van der Waals surface area (Å²) in [5.74, 6) is 0.849. The topological polar surface area (TPSA) is 46.9 Å². The number of unbranched alkanes of at least 4 members (excludes halogenated alkanes) is 2. The maximum Gasteiger partial charge on any atom is 0.251 e. The first-order chi connectivity index (χ1) is 12.2. The number of aromatic nitrogens is 2. The van der Waals surface area contributed by atoms with E-state index in [1.54, 1.807) is 0 Å². The Morgan fingerprint density at radius 2 is 1.80 bits per heavy atom. The van der Waals surface area contributed by atoms with Crippen molar-refractivity contribution in [2.45, 2.75) is 45.7 Å². The quantitative estimate of drug-likeness (QED) is 0.635. The van der Waals surface area contributed by atoms with Gasteiger partial charge in [-0.15, -0.1) is 0 Å². The molecule has 4 heteroatoms. The molecule has 0 spiro atoms. The van der Waals surface area contributed by atoms with Gasteiger partial charge in [-0.2, -0.15) is 0 Å². The van der Waals surface area contributed by atoms with Crippen LogP contribution < -0.4 is 5.32 Å². The van der Waals surface area contributed by atoms with E-state index in [0.717, 1.165) is 29.8 Å². The molecular formula is C21H25N3O. The number of carbonyl (C=O) groups excluding carboxylic acids is 1. The number of benzene rings is 2. The number of rotatable bonds is 7. The maximum absolute atomic E-state index is 12.5. The van der Waals surface area contributed by atoms with Crippen molar-refractivity contribution in [3.63, 3.8) is 0 Å². The van der Waals surface area contributed by atoms with E-state index in [-0.39, 0.29) is 11.9 Å². The lowest BCUT2D eigenvalue weighted by Gasteiger charge is -2.16. The van der Waals surface area contributed by atoms with Crippen LogP contribution in [0.4, 0.5) is 0 Å². The number of para-hydroxylation sites is 2. The smallest absolute Gasteiger partial charge is 0.251 e. The number of amides is 1. The largest absolute Gasteiger partial charge is 0.342 e. The molecule has 0 bridgehead atoms. The summed E-state index contributed by atoms with van der Waals surface area (Å²) in [7, 11) is 0. The zero-order valence-corrected chi connectivity index (χ0v) is 14.9. The van der Waals surface area contributed by atoms with Crippen molar-refractivity contribution in [2.75, 3.05) is 0 Å². The Kier molecular flexibility index (Phi) is 5.49. The van der Waals surface area contributed by atoms with Crippen molar-refractivity contribution < 1.29 is 4.79 Å². The minimum atomic E-state index is -0.151. The van der Waals surface area contributed by atoms with Gasteiger partial charge in [0.1, 0.15) is 5.82 Å². The van der Waals surface area contributed by atoms with E-state index in [1.807, 2.05) is 55.5 Å². The monoisotopic (exact) mass is 335 g/mol. The van der Waals surface area contributed by atoms with Crippen molar-refractivity contribution in [1.29, 1.82) is 0 Å². The van der Waals surface area contributed by atoms with Gasteiger partial charge in [0.15, 0.2) is 0 Å². The summed E-state index contributed by atoms with van der Waals surface area (Å²) in [6, 6.07) is 17.3. The molecule has 0 aliphatic rings. The average molecular weight is 335 g/mol. The number of fused-ring (bicyclic) bond motifs is 1. The highest BCUT2D eigenvalue weighted by molar-refractivity contribution is 5.94. The zero-order chi connectivity index (χ0) is 17.6. The van der Waals surface area contributed by atoms with E-state index >= 15 is 0 Å². The van der Waals surface area contributed by atoms with Crippen molar-refractivity contribution in [1.82, 2.24) is 14.9 Å². The fourth-order valence-electron chi connectivity index (χ4n) is 3.11. The number of aryl methyl sites for hydroxylation is 1. The summed E-state index contributed by atoms with van der Waals surface area (Å²) in [6.45, 7) is 5.13. The number of nitrogens with zero attached hydrogens (tertiary/aromatic N) is 2. The summed E-state index contributed by atoms with van der Waals surface area (Å²) >= 11 is 0. The third-order valence-electron chi connectivity index (χ3n) is 4.44. The van der Waals surface area contributed by atoms with Crippen molar-refractivity contribution >= 4 is 16.9 Å². The highest BCUT2D eigenvalue weighted by Gasteiger charge is 2.18. The van der Waals surface area contributed by atoms with Gasteiger partial charge in [-0.25, -0.2) is 4.98 Å². The third kappa shape index (κ3) is 3.90. The third-order valence-corrected chi connectivity index (χ3v) is 4.44. The van der Waals surface area contributed by atoms with Gasteiger partial charge in [-0.1, -0.05) is 50.1 Å². The molecule has 1 amide bonds. The molecule has 1 N–H and O–H groups in total. The second kappa shape index (κ2) is 7.97. The molecule has 1 heterocycles. The number of hydrogen-bond donors (Lipinski definition) is 1. The minimum absolute atomic E-state index is 0.0692. The zero-order valence-electron chi connectivity index (χ0n) is 14.9. The Bertz CT molecular complexity index is 839. The predicted octanol–water partition coefficient (Wildman–Crippen LogP) is 4.72. The van der Waals surface area contributed by atoms with Crippen LogP contribution in [0, 0.1) is 0 Å². The lowest BCUT2D eigenvalue weighted by atomic mass is 10.2. The van der Waals surface area contributed by atoms with Gasteiger partial charge in [0.25, 0.3) is 5.91 Å². The number of imidazole rings is 1. The van der Waals surface area contributed by atoms with Crippen LogP contribution in [0.5, 0.6) is 0 Å². The molecule has 0 unspecified atom stereocenters. The highest BCUT2D eigenvalue weighted by Crippen LogP contribution is 2.22. The van der Waals surface area contributed by atoms with Gasteiger partial charge >= 0.3 is 0 Å². The van der Waals surface area contributed by atoms with E-state index in [9.17, 15) is 4.79 Å². The Morgan fingerprint density at radius 1 is 1.08 bits per heavy atom. The summed E-state index contributed by atoms with van der Waals surface area (Å²) in [5.41, 5.74) is 2.78. The fourth-order valence-corrected chi connectivity index (χ4v) is 3.11. The van der Waals surface area contributed by atoms with Crippen molar-refractivity contribution in [2.24, 2.45) is 0 Å². The average Bonchev–Trinajstić information content (AvgIpc) is 3.01. The normalized spacial score (nSPS) is 12.2. The number of carbonyl (C=O) groups is 1. The molecule has 0 saturated heterocycles. The minimum Gasteiger partial charge on any atom is -0.342 e. The lowest BCUT2D eigenvalue weighted by Crippen LogP contribution is -2.28. The molecule has 1 aromatic heterocycles. The molecule has 4 nitrogen and oxygen atoms in total. The summed E-state index contributed by atoms with van der Waals surface area (Å²) in [6.07, 6.45) is 3.49. The van der Waals surface area contributed by atoms with E-state index < -0.39 is 0 Å². The first-order valence-corrected chi connectivity index (χ1v) is 9.01. The molecule has 3 rings (SSSR count). The van der Waals surface area contributed by atoms with Gasteiger partial charge in [0.05, 0.1) is 17.1 Å². The van der Waals surface area contributed by atoms with Gasteiger partial charge < -0.3 is 9.88 Å². The van der Waals surface area contributed by atoms with Crippen LogP contribution in [0.1, 0.15) is 55.3 Å². The molecule has 3 aromatic rings. The van der Waals surface area contributed by atoms with Crippen LogP contribution in [-0.4, -0.2) is 15.5 Å². The van der Waals surface area contributed by atoms with E-state index in [2.05, 4.69) is 22.9 Å². The maximum atomic E-state index is 12.5. The summed E-state index contributed by atoms with van der Waals surface area (Å²) < 4.78 is 2.25. The van der Waals surface area contributed by atoms with E-state index in [1.165, 1.54) is 12.8 Å². The molecule has 0 radical (unpaired) electrons. The SMILES string of the molecule is CCCCCn1c([C@H](C)NC(=O)c2ccccc2)nc2ccccc21. The Labute approximate surface area is 148 Å². The molecular weight excluding hydrogens is 310 g/mol. The second-order valence-corrected chi connectivity index (χ2v) is 6.38. The van der Waals surface area contributed by atoms with E-state index in [4.69, 9.17) is 4.98 Å². The van der Waals surface area contributed by atoms with Crippen LogP contribution in [-0.2, 0) is 6.54 Å². The number of nitrogens with one attached hydrogen (secondary N) is 1.